The Hall–Kier alpha value is -3.87. The zero-order chi connectivity index (χ0) is 20.1. The Bertz CT molecular complexity index is 1040. The molecule has 2 aliphatic rings. The summed E-state index contributed by atoms with van der Waals surface area (Å²) in [5.74, 6) is 0.237. The lowest BCUT2D eigenvalue weighted by atomic mass is 10.1. The van der Waals surface area contributed by atoms with Gasteiger partial charge in [-0.15, -0.1) is 0 Å². The van der Waals surface area contributed by atoms with Gasteiger partial charge >= 0.3 is 0 Å². The van der Waals surface area contributed by atoms with Crippen molar-refractivity contribution in [1.29, 1.82) is 5.41 Å². The van der Waals surface area contributed by atoms with Gasteiger partial charge < -0.3 is 0 Å². The molecule has 0 saturated heterocycles. The zero-order valence-corrected chi connectivity index (χ0v) is 16.1. The number of nitrogens with zero attached hydrogens (tertiary/aromatic N) is 5. The van der Waals surface area contributed by atoms with E-state index in [0.29, 0.717) is 11.4 Å². The van der Waals surface area contributed by atoms with Crippen LogP contribution in [0.2, 0.25) is 0 Å². The van der Waals surface area contributed by atoms with E-state index < -0.39 is 0 Å². The van der Waals surface area contributed by atoms with Crippen molar-refractivity contribution >= 4 is 34.3 Å². The van der Waals surface area contributed by atoms with Gasteiger partial charge in [-0.05, 0) is 62.2 Å². The molecule has 0 saturated carbocycles. The second-order valence-electron chi connectivity index (χ2n) is 6.63. The molecule has 0 radical (unpaired) electrons. The van der Waals surface area contributed by atoms with Gasteiger partial charge in [0.1, 0.15) is 0 Å². The molecule has 7 heteroatoms. The van der Waals surface area contributed by atoms with Crippen molar-refractivity contribution < 1.29 is 0 Å². The second-order valence-corrected chi connectivity index (χ2v) is 6.63. The van der Waals surface area contributed by atoms with Gasteiger partial charge in [-0.1, -0.05) is 30.4 Å². The molecular formula is C22H21N7. The van der Waals surface area contributed by atoms with Gasteiger partial charge in [0.25, 0.3) is 0 Å². The number of benzene rings is 2. The van der Waals surface area contributed by atoms with Crippen molar-refractivity contribution in [1.82, 2.24) is 0 Å². The molecule has 4 rings (SSSR count). The molecular weight excluding hydrogens is 362 g/mol. The van der Waals surface area contributed by atoms with Crippen LogP contribution in [-0.2, 0) is 0 Å². The summed E-state index contributed by atoms with van der Waals surface area (Å²) in [5.41, 5.74) is 7.59. The first-order valence-corrected chi connectivity index (χ1v) is 9.41. The van der Waals surface area contributed by atoms with E-state index in [4.69, 9.17) is 5.41 Å². The van der Waals surface area contributed by atoms with E-state index in [9.17, 15) is 0 Å². The van der Waals surface area contributed by atoms with Gasteiger partial charge in [0.05, 0.1) is 28.5 Å². The lowest BCUT2D eigenvalue weighted by molar-refractivity contribution is 0.912. The van der Waals surface area contributed by atoms with Gasteiger partial charge in [-0.25, -0.2) is 5.01 Å². The summed E-state index contributed by atoms with van der Waals surface area (Å²) in [4.78, 5) is 0. The van der Waals surface area contributed by atoms with Crippen molar-refractivity contribution in [2.75, 3.05) is 10.4 Å². The molecule has 7 nitrogen and oxygen atoms in total. The largest absolute Gasteiger partial charge is 0.281 e. The highest BCUT2D eigenvalue weighted by molar-refractivity contribution is 6.72. The average Bonchev–Trinajstić information content (AvgIpc) is 3.06. The summed E-state index contributed by atoms with van der Waals surface area (Å²) < 4.78 is 0. The first kappa shape index (κ1) is 18.5. The lowest BCUT2D eigenvalue weighted by Gasteiger charge is -2.13. The molecule has 1 aliphatic heterocycles. The van der Waals surface area contributed by atoms with E-state index in [1.165, 1.54) is 0 Å². The molecule has 2 aromatic carbocycles. The molecule has 2 aromatic rings. The fourth-order valence-corrected chi connectivity index (χ4v) is 2.93. The Labute approximate surface area is 169 Å². The smallest absolute Gasteiger partial charge is 0.176 e. The molecule has 0 bridgehead atoms. The number of hydrogen-bond acceptors (Lipinski definition) is 6. The van der Waals surface area contributed by atoms with E-state index in [1.807, 2.05) is 73.7 Å². The molecule has 1 aliphatic carbocycles. The highest BCUT2D eigenvalue weighted by atomic mass is 15.5. The molecule has 0 fully saturated rings. The van der Waals surface area contributed by atoms with Crippen molar-refractivity contribution in [2.24, 2.45) is 20.4 Å². The van der Waals surface area contributed by atoms with Crippen LogP contribution >= 0.6 is 0 Å². The van der Waals surface area contributed by atoms with E-state index in [-0.39, 0.29) is 5.84 Å². The van der Waals surface area contributed by atoms with Crippen molar-refractivity contribution in [3.63, 3.8) is 0 Å². The van der Waals surface area contributed by atoms with Gasteiger partial charge in [0.2, 0.25) is 0 Å². The SMILES string of the molecule is CC1=NN(c2ccccc2)C(=N)/C1=N\Nc1ccc(/N=N/C2=CC=CCC2)cc1. The third kappa shape index (κ3) is 4.35. The minimum absolute atomic E-state index is 0.237. The van der Waals surface area contributed by atoms with Crippen LogP contribution < -0.4 is 10.4 Å². The topological polar surface area (TPSA) is 88.6 Å². The second kappa shape index (κ2) is 8.43. The number of amidine groups is 1. The van der Waals surface area contributed by atoms with Crippen LogP contribution in [0.3, 0.4) is 0 Å². The third-order valence-corrected chi connectivity index (χ3v) is 4.48. The molecule has 0 unspecified atom stereocenters. The number of hydrazone groups is 2. The predicted molar refractivity (Wildman–Crippen MR) is 118 cm³/mol. The Morgan fingerprint density at radius 2 is 1.83 bits per heavy atom. The molecule has 1 heterocycles. The maximum Gasteiger partial charge on any atom is 0.176 e. The van der Waals surface area contributed by atoms with Crippen molar-refractivity contribution in [3.05, 3.63) is 78.5 Å². The van der Waals surface area contributed by atoms with E-state index in [1.54, 1.807) is 5.01 Å². The van der Waals surface area contributed by atoms with Gasteiger partial charge in [0.15, 0.2) is 11.5 Å². The number of rotatable bonds is 5. The molecule has 144 valence electrons. The number of nitrogens with one attached hydrogen (secondary N) is 2. The summed E-state index contributed by atoms with van der Waals surface area (Å²) in [6.07, 6.45) is 8.04. The van der Waals surface area contributed by atoms with E-state index in [0.717, 1.165) is 35.6 Å². The third-order valence-electron chi connectivity index (χ3n) is 4.48. The molecule has 0 spiro atoms. The monoisotopic (exact) mass is 383 g/mol. The lowest BCUT2D eigenvalue weighted by Crippen LogP contribution is -2.27. The molecule has 0 aromatic heterocycles. The van der Waals surface area contributed by atoms with Crippen LogP contribution in [0.5, 0.6) is 0 Å². The van der Waals surface area contributed by atoms with Crippen molar-refractivity contribution in [2.45, 2.75) is 19.8 Å². The van der Waals surface area contributed by atoms with Gasteiger partial charge in [-0.3, -0.25) is 10.8 Å². The summed E-state index contributed by atoms with van der Waals surface area (Å²) in [6, 6.07) is 17.1. The normalized spacial score (nSPS) is 17.8. The van der Waals surface area contributed by atoms with Crippen LogP contribution in [0.4, 0.5) is 17.1 Å². The minimum atomic E-state index is 0.237. The first-order chi connectivity index (χ1) is 14.2. The molecule has 0 atom stereocenters. The first-order valence-electron chi connectivity index (χ1n) is 9.41. The number of para-hydroxylation sites is 1. The fraction of sp³-hybridized carbons (Fsp3) is 0.136. The summed E-state index contributed by atoms with van der Waals surface area (Å²) >= 11 is 0. The maximum atomic E-state index is 8.39. The number of azo groups is 1. The number of anilines is 2. The Kier molecular flexibility index (Phi) is 5.38. The Balaban J connectivity index is 1.42. The van der Waals surface area contributed by atoms with E-state index >= 15 is 0 Å². The molecule has 2 N–H and O–H groups in total. The van der Waals surface area contributed by atoms with Crippen LogP contribution in [0.15, 0.2) is 99.0 Å². The van der Waals surface area contributed by atoms with E-state index in [2.05, 4.69) is 31.9 Å². The van der Waals surface area contributed by atoms with Gasteiger partial charge in [-0.2, -0.15) is 20.4 Å². The summed E-state index contributed by atoms with van der Waals surface area (Å²) in [5, 5.41) is 27.3. The van der Waals surface area contributed by atoms with Crippen molar-refractivity contribution in [3.8, 4) is 0 Å². The van der Waals surface area contributed by atoms with Crippen LogP contribution in [0, 0.1) is 5.41 Å². The summed E-state index contributed by atoms with van der Waals surface area (Å²) in [6.45, 7) is 1.84. The quantitative estimate of drug-likeness (QED) is 0.516. The average molecular weight is 383 g/mol. The summed E-state index contributed by atoms with van der Waals surface area (Å²) in [7, 11) is 0. The standard InChI is InChI=1S/C22H21N7/c1-16-21(22(23)29(28-16)20-10-6-3-7-11-20)27-26-19-14-12-18(13-15-19)25-24-17-8-4-2-5-9-17/h2-4,6-8,10-15,23,26H,5,9H2,1H3/b23-22?,25-24+,27-21-. The zero-order valence-electron chi connectivity index (χ0n) is 16.1. The number of allylic oxidation sites excluding steroid dienone is 4. The molecule has 0 amide bonds. The molecule has 29 heavy (non-hydrogen) atoms. The Morgan fingerprint density at radius 3 is 2.55 bits per heavy atom. The van der Waals surface area contributed by atoms with Gasteiger partial charge in [0, 0.05) is 0 Å². The highest BCUT2D eigenvalue weighted by Gasteiger charge is 2.26. The van der Waals surface area contributed by atoms with Crippen LogP contribution in [0.1, 0.15) is 19.8 Å². The minimum Gasteiger partial charge on any atom is -0.281 e. The predicted octanol–water partition coefficient (Wildman–Crippen LogP) is 5.65. The Morgan fingerprint density at radius 1 is 1.03 bits per heavy atom. The van der Waals surface area contributed by atoms with Crippen LogP contribution in [0.25, 0.3) is 0 Å². The van der Waals surface area contributed by atoms with Crippen LogP contribution in [-0.4, -0.2) is 17.3 Å². The maximum absolute atomic E-state index is 8.39. The fourth-order valence-electron chi connectivity index (χ4n) is 2.93. The highest BCUT2D eigenvalue weighted by Crippen LogP contribution is 2.21. The number of hydrogen-bond donors (Lipinski definition) is 2.